The van der Waals surface area contributed by atoms with Crippen LogP contribution in [0.5, 0.6) is 5.88 Å². The van der Waals surface area contributed by atoms with E-state index in [1.807, 2.05) is 27.0 Å². The molecule has 1 unspecified atom stereocenters. The summed E-state index contributed by atoms with van der Waals surface area (Å²) in [5.41, 5.74) is 0. The lowest BCUT2D eigenvalue weighted by atomic mass is 10.2. The van der Waals surface area contributed by atoms with Crippen LogP contribution in [0.1, 0.15) is 26.7 Å². The van der Waals surface area contributed by atoms with Crippen LogP contribution in [0.25, 0.3) is 0 Å². The zero-order chi connectivity index (χ0) is 13.0. The van der Waals surface area contributed by atoms with Gasteiger partial charge in [0.2, 0.25) is 5.88 Å². The highest BCUT2D eigenvalue weighted by molar-refractivity contribution is 5.43. The molecule has 0 spiro atoms. The van der Waals surface area contributed by atoms with Gasteiger partial charge >= 0.3 is 0 Å². The Bertz CT molecular complexity index is 383. The van der Waals surface area contributed by atoms with Gasteiger partial charge in [-0.2, -0.15) is 0 Å². The Morgan fingerprint density at radius 1 is 1.50 bits per heavy atom. The molecular formula is C13H22N4O. The average molecular weight is 250 g/mol. The fourth-order valence-corrected chi connectivity index (χ4v) is 2.38. The number of aromatic nitrogens is 2. The van der Waals surface area contributed by atoms with E-state index in [-0.39, 0.29) is 6.10 Å². The minimum absolute atomic E-state index is 0.138. The highest BCUT2D eigenvalue weighted by atomic mass is 16.5. The summed E-state index contributed by atoms with van der Waals surface area (Å²) >= 11 is 0. The molecule has 2 rings (SSSR count). The average Bonchev–Trinajstić information content (AvgIpc) is 2.77. The summed E-state index contributed by atoms with van der Waals surface area (Å²) in [6.07, 6.45) is 4.16. The topological polar surface area (TPSA) is 50.3 Å². The predicted octanol–water partition coefficient (Wildman–Crippen LogP) is 1.45. The van der Waals surface area contributed by atoms with E-state index in [2.05, 4.69) is 20.2 Å². The maximum absolute atomic E-state index is 5.62. The molecule has 100 valence electrons. The van der Waals surface area contributed by atoms with Gasteiger partial charge in [-0.15, -0.1) is 0 Å². The van der Waals surface area contributed by atoms with Crippen LogP contribution >= 0.6 is 0 Å². The van der Waals surface area contributed by atoms with Crippen molar-refractivity contribution in [3.8, 4) is 5.88 Å². The van der Waals surface area contributed by atoms with Crippen molar-refractivity contribution in [1.29, 1.82) is 0 Å². The lowest BCUT2D eigenvalue weighted by molar-refractivity contribution is 0.232. The molecule has 1 saturated heterocycles. The minimum Gasteiger partial charge on any atom is -0.475 e. The van der Waals surface area contributed by atoms with Crippen LogP contribution in [0.3, 0.4) is 0 Å². The molecule has 1 N–H and O–H groups in total. The van der Waals surface area contributed by atoms with Crippen molar-refractivity contribution in [2.24, 2.45) is 0 Å². The second-order valence-corrected chi connectivity index (χ2v) is 4.93. The summed E-state index contributed by atoms with van der Waals surface area (Å²) in [6, 6.07) is 2.46. The van der Waals surface area contributed by atoms with Crippen LogP contribution in [-0.2, 0) is 0 Å². The van der Waals surface area contributed by atoms with E-state index in [4.69, 9.17) is 4.74 Å². The number of likely N-dealkylation sites (N-methyl/N-ethyl adjacent to an activating group) is 1. The third kappa shape index (κ3) is 3.10. The maximum Gasteiger partial charge on any atom is 0.218 e. The molecule has 0 radical (unpaired) electrons. The third-order valence-corrected chi connectivity index (χ3v) is 3.10. The number of hydrogen-bond donors (Lipinski definition) is 1. The van der Waals surface area contributed by atoms with Gasteiger partial charge < -0.3 is 15.0 Å². The smallest absolute Gasteiger partial charge is 0.218 e. The molecule has 0 aromatic carbocycles. The highest BCUT2D eigenvalue weighted by Crippen LogP contribution is 2.25. The Balaban J connectivity index is 2.12. The standard InChI is InChI=1S/C13H22N4O/c1-10(2)18-13-7-12(15-9-16-13)17-6-4-5-11(17)8-14-3/h7,9-11,14H,4-6,8H2,1-3H3. The van der Waals surface area contributed by atoms with Crippen LogP contribution in [0, 0.1) is 0 Å². The van der Waals surface area contributed by atoms with Crippen molar-refractivity contribution in [2.45, 2.75) is 38.8 Å². The Morgan fingerprint density at radius 2 is 2.33 bits per heavy atom. The molecule has 5 heteroatoms. The van der Waals surface area contributed by atoms with Crippen LogP contribution < -0.4 is 15.0 Å². The van der Waals surface area contributed by atoms with Gasteiger partial charge in [-0.25, -0.2) is 9.97 Å². The van der Waals surface area contributed by atoms with Gasteiger partial charge in [0, 0.05) is 25.2 Å². The van der Waals surface area contributed by atoms with Gasteiger partial charge in [0.25, 0.3) is 0 Å². The fraction of sp³-hybridized carbons (Fsp3) is 0.692. The van der Waals surface area contributed by atoms with Gasteiger partial charge in [0.05, 0.1) is 6.10 Å². The third-order valence-electron chi connectivity index (χ3n) is 3.10. The first-order valence-corrected chi connectivity index (χ1v) is 6.60. The van der Waals surface area contributed by atoms with Crippen molar-refractivity contribution in [2.75, 3.05) is 25.0 Å². The molecule has 0 saturated carbocycles. The summed E-state index contributed by atoms with van der Waals surface area (Å²) in [5, 5.41) is 3.24. The van der Waals surface area contributed by atoms with Crippen molar-refractivity contribution < 1.29 is 4.74 Å². The SMILES string of the molecule is CNCC1CCCN1c1cc(OC(C)C)ncn1. The maximum atomic E-state index is 5.62. The second kappa shape index (κ2) is 6.00. The molecule has 0 bridgehead atoms. The quantitative estimate of drug-likeness (QED) is 0.857. The molecule has 1 aliphatic heterocycles. The van der Waals surface area contributed by atoms with Crippen LogP contribution in [0.15, 0.2) is 12.4 Å². The molecule has 0 aliphatic carbocycles. The number of hydrogen-bond acceptors (Lipinski definition) is 5. The van der Waals surface area contributed by atoms with Crippen LogP contribution in [-0.4, -0.2) is 42.3 Å². The Morgan fingerprint density at radius 3 is 3.06 bits per heavy atom. The lowest BCUT2D eigenvalue weighted by Crippen LogP contribution is -2.37. The molecule has 0 amide bonds. The summed E-state index contributed by atoms with van der Waals surface area (Å²) in [7, 11) is 1.99. The molecular weight excluding hydrogens is 228 g/mol. The number of anilines is 1. The van der Waals surface area contributed by atoms with Crippen molar-refractivity contribution in [3.63, 3.8) is 0 Å². The van der Waals surface area contributed by atoms with E-state index >= 15 is 0 Å². The van der Waals surface area contributed by atoms with E-state index in [1.165, 1.54) is 12.8 Å². The minimum atomic E-state index is 0.138. The first-order chi connectivity index (χ1) is 8.70. The Kier molecular flexibility index (Phi) is 4.36. The van der Waals surface area contributed by atoms with E-state index in [9.17, 15) is 0 Å². The fourth-order valence-electron chi connectivity index (χ4n) is 2.38. The second-order valence-electron chi connectivity index (χ2n) is 4.93. The highest BCUT2D eigenvalue weighted by Gasteiger charge is 2.25. The van der Waals surface area contributed by atoms with Gasteiger partial charge in [0.1, 0.15) is 12.1 Å². The summed E-state index contributed by atoms with van der Waals surface area (Å²) < 4.78 is 5.62. The molecule has 1 aromatic heterocycles. The Hall–Kier alpha value is -1.36. The number of rotatable bonds is 5. The molecule has 1 aromatic rings. The van der Waals surface area contributed by atoms with Crippen LogP contribution in [0.2, 0.25) is 0 Å². The molecule has 1 aliphatic rings. The van der Waals surface area contributed by atoms with Crippen molar-refractivity contribution in [3.05, 3.63) is 12.4 Å². The molecule has 2 heterocycles. The lowest BCUT2D eigenvalue weighted by Gasteiger charge is -2.25. The zero-order valence-electron chi connectivity index (χ0n) is 11.4. The monoisotopic (exact) mass is 250 g/mol. The first-order valence-electron chi connectivity index (χ1n) is 6.60. The van der Waals surface area contributed by atoms with Gasteiger partial charge in [-0.05, 0) is 33.7 Å². The van der Waals surface area contributed by atoms with E-state index in [1.54, 1.807) is 6.33 Å². The van der Waals surface area contributed by atoms with Gasteiger partial charge in [0.15, 0.2) is 0 Å². The number of nitrogens with one attached hydrogen (secondary N) is 1. The molecule has 1 atom stereocenters. The van der Waals surface area contributed by atoms with Crippen molar-refractivity contribution in [1.82, 2.24) is 15.3 Å². The largest absolute Gasteiger partial charge is 0.475 e. The Labute approximate surface area is 109 Å². The van der Waals surface area contributed by atoms with Gasteiger partial charge in [-0.3, -0.25) is 0 Å². The van der Waals surface area contributed by atoms with E-state index in [0.717, 1.165) is 18.9 Å². The summed E-state index contributed by atoms with van der Waals surface area (Å²) in [4.78, 5) is 10.9. The van der Waals surface area contributed by atoms with E-state index in [0.29, 0.717) is 11.9 Å². The predicted molar refractivity (Wildman–Crippen MR) is 72.1 cm³/mol. The molecule has 18 heavy (non-hydrogen) atoms. The number of ether oxygens (including phenoxy) is 1. The molecule has 1 fully saturated rings. The van der Waals surface area contributed by atoms with Gasteiger partial charge in [-0.1, -0.05) is 0 Å². The van der Waals surface area contributed by atoms with Crippen LogP contribution in [0.4, 0.5) is 5.82 Å². The normalized spacial score (nSPS) is 19.6. The van der Waals surface area contributed by atoms with Crippen molar-refractivity contribution >= 4 is 5.82 Å². The number of nitrogens with zero attached hydrogens (tertiary/aromatic N) is 3. The van der Waals surface area contributed by atoms with E-state index < -0.39 is 0 Å². The zero-order valence-corrected chi connectivity index (χ0v) is 11.4. The first kappa shape index (κ1) is 13.1. The molecule has 5 nitrogen and oxygen atoms in total. The summed E-state index contributed by atoms with van der Waals surface area (Å²) in [5.74, 6) is 1.63. The summed E-state index contributed by atoms with van der Waals surface area (Å²) in [6.45, 7) is 6.05.